The monoisotopic (exact) mass is 340 g/mol. The number of anilines is 2. The Bertz CT molecular complexity index is 774. The zero-order valence-corrected chi connectivity index (χ0v) is 13.9. The fraction of sp³-hybridized carbons (Fsp3) is 0.294. The van der Waals surface area contributed by atoms with Gasteiger partial charge in [-0.25, -0.2) is 14.9 Å². The minimum absolute atomic E-state index is 0.113. The van der Waals surface area contributed by atoms with Crippen LogP contribution in [0.15, 0.2) is 47.8 Å². The van der Waals surface area contributed by atoms with Gasteiger partial charge in [0.2, 0.25) is 11.8 Å². The molecule has 2 fully saturated rings. The van der Waals surface area contributed by atoms with Crippen molar-refractivity contribution >= 4 is 35.1 Å². The number of nitrogens with zero attached hydrogens (tertiary/aromatic N) is 4. The first-order chi connectivity index (χ1) is 11.7. The van der Waals surface area contributed by atoms with E-state index in [1.807, 2.05) is 35.4 Å². The molecule has 122 valence electrons. The fourth-order valence-corrected chi connectivity index (χ4v) is 3.72. The summed E-state index contributed by atoms with van der Waals surface area (Å²) in [4.78, 5) is 37.5. The van der Waals surface area contributed by atoms with Crippen LogP contribution >= 0.6 is 11.8 Å². The molecule has 0 radical (unpaired) electrons. The third kappa shape index (κ3) is 2.36. The van der Waals surface area contributed by atoms with E-state index >= 15 is 0 Å². The van der Waals surface area contributed by atoms with Gasteiger partial charge in [-0.05, 0) is 24.5 Å². The number of carbonyl (C=O) groups is 2. The first-order valence-electron chi connectivity index (χ1n) is 7.74. The number of imide groups is 1. The predicted molar refractivity (Wildman–Crippen MR) is 91.9 cm³/mol. The predicted octanol–water partition coefficient (Wildman–Crippen LogP) is 1.82. The van der Waals surface area contributed by atoms with Crippen molar-refractivity contribution in [3.63, 3.8) is 0 Å². The molecule has 2 saturated heterocycles. The van der Waals surface area contributed by atoms with Crippen molar-refractivity contribution in [2.75, 3.05) is 29.1 Å². The maximum absolute atomic E-state index is 12.7. The van der Waals surface area contributed by atoms with Crippen LogP contribution in [0.3, 0.4) is 0 Å². The third-order valence-corrected chi connectivity index (χ3v) is 5.10. The van der Waals surface area contributed by atoms with Crippen molar-refractivity contribution in [1.29, 1.82) is 0 Å². The van der Waals surface area contributed by atoms with E-state index in [9.17, 15) is 9.59 Å². The Labute approximate surface area is 143 Å². The average Bonchev–Trinajstić information content (AvgIpc) is 3.16. The van der Waals surface area contributed by atoms with Crippen LogP contribution in [-0.4, -0.2) is 41.1 Å². The molecule has 2 amide bonds. The van der Waals surface area contributed by atoms with E-state index in [1.165, 1.54) is 16.7 Å². The lowest BCUT2D eigenvalue weighted by Gasteiger charge is -2.21. The van der Waals surface area contributed by atoms with Crippen LogP contribution < -0.4 is 9.80 Å². The topological polar surface area (TPSA) is 66.4 Å². The molecule has 0 aliphatic carbocycles. The quantitative estimate of drug-likeness (QED) is 0.482. The number of benzene rings is 1. The number of hydrogen-bond acceptors (Lipinski definition) is 6. The van der Waals surface area contributed by atoms with Gasteiger partial charge in [-0.3, -0.25) is 9.59 Å². The molecule has 0 N–H and O–H groups in total. The Hall–Kier alpha value is -2.41. The van der Waals surface area contributed by atoms with Gasteiger partial charge in [-0.15, -0.1) is 0 Å². The van der Waals surface area contributed by atoms with Crippen molar-refractivity contribution in [1.82, 2.24) is 9.97 Å². The molecule has 4 rings (SSSR count). The van der Waals surface area contributed by atoms with Crippen molar-refractivity contribution in [2.24, 2.45) is 11.8 Å². The molecular formula is C17H16N4O2S. The van der Waals surface area contributed by atoms with E-state index in [4.69, 9.17) is 0 Å². The van der Waals surface area contributed by atoms with Crippen LogP contribution in [-0.2, 0) is 9.59 Å². The average molecular weight is 340 g/mol. The smallest absolute Gasteiger partial charge is 0.239 e. The normalized spacial score (nSPS) is 23.0. The van der Waals surface area contributed by atoms with Gasteiger partial charge in [-0.1, -0.05) is 30.0 Å². The number of fused-ring (bicyclic) bond motifs is 1. The Morgan fingerprint density at radius 2 is 1.71 bits per heavy atom. The molecule has 2 aliphatic heterocycles. The molecule has 7 heteroatoms. The number of carbonyl (C=O) groups excluding carboxylic acids is 2. The SMILES string of the molecule is CSc1nccc(N2CC3C(=O)N(c4ccccc4)C(=O)C3C2)n1. The minimum atomic E-state index is -0.301. The van der Waals surface area contributed by atoms with Crippen LogP contribution in [0, 0.1) is 11.8 Å². The third-order valence-electron chi connectivity index (χ3n) is 4.53. The van der Waals surface area contributed by atoms with Gasteiger partial charge >= 0.3 is 0 Å². The zero-order chi connectivity index (χ0) is 16.7. The summed E-state index contributed by atoms with van der Waals surface area (Å²) < 4.78 is 0. The molecule has 0 bridgehead atoms. The van der Waals surface area contributed by atoms with Crippen LogP contribution in [0.2, 0.25) is 0 Å². The minimum Gasteiger partial charge on any atom is -0.355 e. The summed E-state index contributed by atoms with van der Waals surface area (Å²) in [6.45, 7) is 1.03. The zero-order valence-electron chi connectivity index (χ0n) is 13.1. The second kappa shape index (κ2) is 5.90. The second-order valence-corrected chi connectivity index (χ2v) is 6.64. The lowest BCUT2D eigenvalue weighted by Crippen LogP contribution is -2.36. The van der Waals surface area contributed by atoms with E-state index in [0.29, 0.717) is 23.9 Å². The summed E-state index contributed by atoms with van der Waals surface area (Å²) in [6.07, 6.45) is 3.63. The Balaban J connectivity index is 1.58. The summed E-state index contributed by atoms with van der Waals surface area (Å²) in [5, 5.41) is 0.688. The molecule has 2 aromatic rings. The molecule has 6 nitrogen and oxygen atoms in total. The van der Waals surface area contributed by atoms with Gasteiger partial charge in [0.15, 0.2) is 5.16 Å². The largest absolute Gasteiger partial charge is 0.355 e. The van der Waals surface area contributed by atoms with Crippen molar-refractivity contribution in [3.8, 4) is 0 Å². The van der Waals surface area contributed by atoms with Crippen LogP contribution in [0.1, 0.15) is 0 Å². The van der Waals surface area contributed by atoms with E-state index in [2.05, 4.69) is 9.97 Å². The van der Waals surface area contributed by atoms with Crippen molar-refractivity contribution in [2.45, 2.75) is 5.16 Å². The second-order valence-electron chi connectivity index (χ2n) is 5.87. The van der Waals surface area contributed by atoms with E-state index in [-0.39, 0.29) is 23.7 Å². The summed E-state index contributed by atoms with van der Waals surface area (Å²) in [6, 6.07) is 11.0. The molecule has 0 spiro atoms. The van der Waals surface area contributed by atoms with Crippen LogP contribution in [0.25, 0.3) is 0 Å². The molecule has 1 aromatic carbocycles. The number of hydrogen-bond donors (Lipinski definition) is 0. The summed E-state index contributed by atoms with van der Waals surface area (Å²) in [5.41, 5.74) is 0.653. The van der Waals surface area contributed by atoms with Gasteiger partial charge in [-0.2, -0.15) is 0 Å². The van der Waals surface area contributed by atoms with Gasteiger partial charge in [0.1, 0.15) is 5.82 Å². The number of amides is 2. The number of aromatic nitrogens is 2. The van der Waals surface area contributed by atoms with E-state index < -0.39 is 0 Å². The molecule has 2 unspecified atom stereocenters. The Morgan fingerprint density at radius 1 is 1.04 bits per heavy atom. The Kier molecular flexibility index (Phi) is 3.72. The molecule has 2 atom stereocenters. The van der Waals surface area contributed by atoms with Gasteiger partial charge in [0.25, 0.3) is 0 Å². The molecule has 2 aliphatic rings. The maximum atomic E-state index is 12.7. The number of thioether (sulfide) groups is 1. The Morgan fingerprint density at radius 3 is 2.33 bits per heavy atom. The summed E-state index contributed by atoms with van der Waals surface area (Å²) >= 11 is 1.47. The highest BCUT2D eigenvalue weighted by Gasteiger charge is 2.53. The van der Waals surface area contributed by atoms with Crippen LogP contribution in [0.5, 0.6) is 0 Å². The number of para-hydroxylation sites is 1. The molecule has 24 heavy (non-hydrogen) atoms. The lowest BCUT2D eigenvalue weighted by molar-refractivity contribution is -0.122. The first-order valence-corrected chi connectivity index (χ1v) is 8.96. The van der Waals surface area contributed by atoms with Gasteiger partial charge < -0.3 is 4.90 Å². The van der Waals surface area contributed by atoms with Gasteiger partial charge in [0, 0.05) is 19.3 Å². The highest BCUT2D eigenvalue weighted by molar-refractivity contribution is 7.98. The van der Waals surface area contributed by atoms with Crippen LogP contribution in [0.4, 0.5) is 11.5 Å². The van der Waals surface area contributed by atoms with E-state index in [1.54, 1.807) is 18.3 Å². The van der Waals surface area contributed by atoms with Crippen molar-refractivity contribution < 1.29 is 9.59 Å². The first kappa shape index (κ1) is 15.1. The lowest BCUT2D eigenvalue weighted by atomic mass is 10.00. The standard InChI is InChI=1S/C17H16N4O2S/c1-24-17-18-8-7-14(19-17)20-9-12-13(10-20)16(23)21(15(12)22)11-5-3-2-4-6-11/h2-8,12-13H,9-10H2,1H3. The fourth-order valence-electron chi connectivity index (χ4n) is 3.37. The highest BCUT2D eigenvalue weighted by Crippen LogP contribution is 2.37. The van der Waals surface area contributed by atoms with E-state index in [0.717, 1.165) is 5.82 Å². The summed E-state index contributed by atoms with van der Waals surface area (Å²) in [5.74, 6) is -0.0536. The molecule has 0 saturated carbocycles. The maximum Gasteiger partial charge on any atom is 0.239 e. The highest BCUT2D eigenvalue weighted by atomic mass is 32.2. The number of rotatable bonds is 3. The van der Waals surface area contributed by atoms with Crippen molar-refractivity contribution in [3.05, 3.63) is 42.6 Å². The molecule has 3 heterocycles. The summed E-state index contributed by atoms with van der Waals surface area (Å²) in [7, 11) is 0. The molecular weight excluding hydrogens is 324 g/mol. The van der Waals surface area contributed by atoms with Gasteiger partial charge in [0.05, 0.1) is 17.5 Å². The molecule has 1 aromatic heterocycles.